The van der Waals surface area contributed by atoms with Gasteiger partial charge in [-0.15, -0.1) is 0 Å². The number of phenolic OH excluding ortho intramolecular Hbond substituents is 1. The van der Waals surface area contributed by atoms with Crippen molar-refractivity contribution in [3.05, 3.63) is 83.0 Å². The van der Waals surface area contributed by atoms with Crippen LogP contribution in [0.4, 0.5) is 0 Å². The van der Waals surface area contributed by atoms with E-state index >= 15 is 0 Å². The van der Waals surface area contributed by atoms with Crippen molar-refractivity contribution < 1.29 is 14.7 Å². The molecule has 0 unspecified atom stereocenters. The molecule has 3 aromatic carbocycles. The van der Waals surface area contributed by atoms with Gasteiger partial charge in [0.1, 0.15) is 5.75 Å². The van der Waals surface area contributed by atoms with Gasteiger partial charge in [0.25, 0.3) is 11.8 Å². The van der Waals surface area contributed by atoms with Crippen LogP contribution in [-0.2, 0) is 4.79 Å². The number of carbonyl (C=O) groups is 2. The zero-order valence-corrected chi connectivity index (χ0v) is 15.5. The Morgan fingerprint density at radius 1 is 1.04 bits per heavy atom. The monoisotopic (exact) mass is 395 g/mol. The highest BCUT2D eigenvalue weighted by Crippen LogP contribution is 2.29. The smallest absolute Gasteiger partial charge is 0.257 e. The second-order valence-electron chi connectivity index (χ2n) is 5.94. The van der Waals surface area contributed by atoms with Gasteiger partial charge in [-0.3, -0.25) is 15.0 Å². The maximum atomic E-state index is 11.9. The molecule has 6 nitrogen and oxygen atoms in total. The molecule has 3 rings (SSSR count). The Kier molecular flexibility index (Phi) is 6.14. The Morgan fingerprint density at radius 2 is 1.86 bits per heavy atom. The fourth-order valence-corrected chi connectivity index (χ4v) is 2.79. The molecule has 4 N–H and O–H groups in total. The number of hydrazine groups is 1. The van der Waals surface area contributed by atoms with Gasteiger partial charge in [0, 0.05) is 27.7 Å². The van der Waals surface area contributed by atoms with Gasteiger partial charge in [-0.2, -0.15) is 0 Å². The highest BCUT2D eigenvalue weighted by molar-refractivity contribution is 6.31. The summed E-state index contributed by atoms with van der Waals surface area (Å²) in [5, 5.41) is 14.9. The molecule has 0 bridgehead atoms. The summed E-state index contributed by atoms with van der Waals surface area (Å²) in [5.74, 6) is -0.659. The molecule has 3 aromatic rings. The van der Waals surface area contributed by atoms with E-state index in [1.165, 1.54) is 12.3 Å². The van der Waals surface area contributed by atoms with Crippen molar-refractivity contribution in [3.8, 4) is 5.75 Å². The molecule has 28 heavy (non-hydrogen) atoms. The van der Waals surface area contributed by atoms with Gasteiger partial charge in [-0.1, -0.05) is 54.1 Å². The average Bonchev–Trinajstić information content (AvgIpc) is 2.71. The van der Waals surface area contributed by atoms with Gasteiger partial charge >= 0.3 is 0 Å². The summed E-state index contributed by atoms with van der Waals surface area (Å²) in [6.45, 7) is -0.201. The number of aromatic hydroxyl groups is 1. The maximum Gasteiger partial charge on any atom is 0.257 e. The fourth-order valence-electron chi connectivity index (χ4n) is 2.60. The lowest BCUT2D eigenvalue weighted by Crippen LogP contribution is -2.41. The molecular formula is C21H18ClN3O3. The molecule has 2 amide bonds. The van der Waals surface area contributed by atoms with E-state index < -0.39 is 11.8 Å². The number of halogens is 1. The van der Waals surface area contributed by atoms with E-state index in [4.69, 9.17) is 11.6 Å². The van der Waals surface area contributed by atoms with Crippen molar-refractivity contribution in [2.45, 2.75) is 0 Å². The first-order valence-electron chi connectivity index (χ1n) is 8.50. The summed E-state index contributed by atoms with van der Waals surface area (Å²) in [6, 6.07) is 17.6. The zero-order chi connectivity index (χ0) is 19.9. The predicted octanol–water partition coefficient (Wildman–Crippen LogP) is 3.22. The summed E-state index contributed by atoms with van der Waals surface area (Å²) >= 11 is 5.84. The summed E-state index contributed by atoms with van der Waals surface area (Å²) in [4.78, 5) is 23.8. The van der Waals surface area contributed by atoms with Crippen LogP contribution >= 0.6 is 11.6 Å². The Hall–Kier alpha value is -3.51. The molecule has 0 aliphatic heterocycles. The molecule has 0 radical (unpaired) electrons. The highest BCUT2D eigenvalue weighted by atomic mass is 35.5. The minimum Gasteiger partial charge on any atom is -0.507 e. The van der Waals surface area contributed by atoms with Gasteiger partial charge in [0.05, 0.1) is 6.54 Å². The minimum absolute atomic E-state index is 0.163. The third kappa shape index (κ3) is 4.81. The number of fused-ring (bicyclic) bond motifs is 1. The van der Waals surface area contributed by atoms with Crippen LogP contribution in [-0.4, -0.2) is 23.5 Å². The molecular weight excluding hydrogens is 378 g/mol. The Labute approximate surface area is 166 Å². The van der Waals surface area contributed by atoms with Gasteiger partial charge < -0.3 is 15.8 Å². The van der Waals surface area contributed by atoms with E-state index in [2.05, 4.69) is 16.2 Å². The van der Waals surface area contributed by atoms with Gasteiger partial charge in [0.15, 0.2) is 0 Å². The van der Waals surface area contributed by atoms with Crippen LogP contribution in [0.3, 0.4) is 0 Å². The van der Waals surface area contributed by atoms with Crippen LogP contribution in [0.25, 0.3) is 16.8 Å². The summed E-state index contributed by atoms with van der Waals surface area (Å²) in [6.07, 6.45) is 3.12. The molecule has 0 saturated heterocycles. The Morgan fingerprint density at radius 3 is 2.68 bits per heavy atom. The summed E-state index contributed by atoms with van der Waals surface area (Å²) in [7, 11) is 0. The van der Waals surface area contributed by atoms with Gasteiger partial charge in [-0.25, -0.2) is 0 Å². The fraction of sp³-hybridized carbons (Fsp3) is 0.0476. The van der Waals surface area contributed by atoms with Crippen LogP contribution in [0.5, 0.6) is 5.75 Å². The molecule has 7 heteroatoms. The second kappa shape index (κ2) is 8.92. The summed E-state index contributed by atoms with van der Waals surface area (Å²) in [5.41, 5.74) is 6.03. The molecule has 0 aliphatic carbocycles. The molecule has 142 valence electrons. The van der Waals surface area contributed by atoms with Crippen LogP contribution in [0.2, 0.25) is 5.02 Å². The normalized spacial score (nSPS) is 10.8. The van der Waals surface area contributed by atoms with E-state index in [-0.39, 0.29) is 12.3 Å². The average molecular weight is 396 g/mol. The van der Waals surface area contributed by atoms with Crippen LogP contribution < -0.4 is 16.2 Å². The third-order valence-corrected chi connectivity index (χ3v) is 4.22. The molecule has 0 fully saturated rings. The predicted molar refractivity (Wildman–Crippen MR) is 110 cm³/mol. The molecule has 0 spiro atoms. The van der Waals surface area contributed by atoms with E-state index in [0.717, 1.165) is 10.8 Å². The first-order valence-corrected chi connectivity index (χ1v) is 8.88. The van der Waals surface area contributed by atoms with Gasteiger partial charge in [-0.05, 0) is 29.7 Å². The quantitative estimate of drug-likeness (QED) is 0.482. The van der Waals surface area contributed by atoms with Crippen molar-refractivity contribution >= 4 is 40.3 Å². The largest absolute Gasteiger partial charge is 0.507 e. The van der Waals surface area contributed by atoms with Crippen molar-refractivity contribution in [1.29, 1.82) is 0 Å². The molecule has 0 aromatic heterocycles. The van der Waals surface area contributed by atoms with Crippen molar-refractivity contribution in [3.63, 3.8) is 0 Å². The van der Waals surface area contributed by atoms with Crippen LogP contribution in [0, 0.1) is 0 Å². The lowest BCUT2D eigenvalue weighted by molar-refractivity contribution is -0.120. The number of rotatable bonds is 6. The van der Waals surface area contributed by atoms with E-state index in [1.807, 2.05) is 30.3 Å². The first kappa shape index (κ1) is 19.3. The van der Waals surface area contributed by atoms with Crippen LogP contribution in [0.1, 0.15) is 15.9 Å². The number of carbonyl (C=O) groups excluding carboxylic acids is 2. The molecule has 0 atom stereocenters. The van der Waals surface area contributed by atoms with E-state index in [9.17, 15) is 14.7 Å². The number of nitrogens with one attached hydrogen (secondary N) is 3. The summed E-state index contributed by atoms with van der Waals surface area (Å²) < 4.78 is 0. The number of benzene rings is 3. The lowest BCUT2D eigenvalue weighted by Gasteiger charge is -2.07. The molecule has 0 heterocycles. The SMILES string of the molecule is O=C(CNC(=O)c1cccc(Cl)c1)NNC=Cc1ccc2ccccc2c1O. The Balaban J connectivity index is 1.49. The lowest BCUT2D eigenvalue weighted by atomic mass is 10.1. The van der Waals surface area contributed by atoms with E-state index in [1.54, 1.807) is 30.3 Å². The highest BCUT2D eigenvalue weighted by Gasteiger charge is 2.08. The first-order chi connectivity index (χ1) is 13.5. The van der Waals surface area contributed by atoms with Gasteiger partial charge in [0.2, 0.25) is 0 Å². The number of phenols is 1. The maximum absolute atomic E-state index is 11.9. The number of hydrogen-bond donors (Lipinski definition) is 4. The topological polar surface area (TPSA) is 90.5 Å². The zero-order valence-electron chi connectivity index (χ0n) is 14.8. The minimum atomic E-state index is -0.428. The van der Waals surface area contributed by atoms with Crippen LogP contribution in [0.15, 0.2) is 66.9 Å². The number of hydrogen-bond acceptors (Lipinski definition) is 4. The standard InChI is InChI=1S/C21H18ClN3O3/c22-17-6-3-5-16(12-17)21(28)23-13-19(26)25-24-11-10-15-9-8-14-4-1-2-7-18(14)20(15)27/h1-12,24,27H,13H2,(H,23,28)(H,25,26). The van der Waals surface area contributed by atoms with Crippen molar-refractivity contribution in [2.24, 2.45) is 0 Å². The molecule has 0 aliphatic rings. The van der Waals surface area contributed by atoms with Crippen molar-refractivity contribution in [1.82, 2.24) is 16.2 Å². The third-order valence-electron chi connectivity index (χ3n) is 3.99. The molecule has 0 saturated carbocycles. The Bertz CT molecular complexity index is 1050. The van der Waals surface area contributed by atoms with E-state index in [0.29, 0.717) is 16.1 Å². The van der Waals surface area contributed by atoms with Crippen molar-refractivity contribution in [2.75, 3.05) is 6.54 Å². The second-order valence-corrected chi connectivity index (χ2v) is 6.38. The number of amides is 2.